The summed E-state index contributed by atoms with van der Waals surface area (Å²) in [6.07, 6.45) is -1.43. The first-order valence-electron chi connectivity index (χ1n) is 9.94. The van der Waals surface area contributed by atoms with Crippen molar-refractivity contribution < 1.29 is 27.4 Å². The van der Waals surface area contributed by atoms with Gasteiger partial charge in [0, 0.05) is 11.9 Å². The molecular formula is C22H23F3N4O3. The minimum atomic E-state index is -4.49. The highest BCUT2D eigenvalue weighted by molar-refractivity contribution is 5.99. The zero-order chi connectivity index (χ0) is 23.1. The summed E-state index contributed by atoms with van der Waals surface area (Å²) in [4.78, 5) is 12.2. The maximum Gasteiger partial charge on any atom is 0.416 e. The van der Waals surface area contributed by atoms with Crippen LogP contribution < -0.4 is 20.1 Å². The molecule has 2 aromatic carbocycles. The van der Waals surface area contributed by atoms with Crippen molar-refractivity contribution in [2.45, 2.75) is 26.6 Å². The molecule has 3 aromatic rings. The fourth-order valence-corrected chi connectivity index (χ4v) is 2.96. The van der Waals surface area contributed by atoms with Crippen molar-refractivity contribution in [3.8, 4) is 11.5 Å². The van der Waals surface area contributed by atoms with Crippen molar-refractivity contribution in [3.05, 3.63) is 66.0 Å². The maximum atomic E-state index is 12.8. The summed E-state index contributed by atoms with van der Waals surface area (Å²) >= 11 is 0. The standard InChI is InChI=1S/C22H23F3N4O3/c1-3-31-19-9-8-15(10-20(19)32-4-2)13-29-14-18(12-26-29)28-21(30)27-17-7-5-6-16(11-17)22(23,24)25/h5-12,14H,3-4,13H2,1-2H3,(H2,27,28,30). The summed E-state index contributed by atoms with van der Waals surface area (Å²) < 4.78 is 51.2. The van der Waals surface area contributed by atoms with E-state index in [0.29, 0.717) is 36.9 Å². The van der Waals surface area contributed by atoms with Crippen LogP contribution in [0.25, 0.3) is 0 Å². The molecule has 0 aliphatic carbocycles. The van der Waals surface area contributed by atoms with Crippen LogP contribution in [0, 0.1) is 0 Å². The lowest BCUT2D eigenvalue weighted by molar-refractivity contribution is -0.137. The molecule has 7 nitrogen and oxygen atoms in total. The molecule has 2 amide bonds. The van der Waals surface area contributed by atoms with E-state index in [4.69, 9.17) is 9.47 Å². The quantitative estimate of drug-likeness (QED) is 0.484. The first-order chi connectivity index (χ1) is 15.3. The third-order valence-electron chi connectivity index (χ3n) is 4.29. The Labute approximate surface area is 183 Å². The molecule has 10 heteroatoms. The van der Waals surface area contributed by atoms with Crippen LogP contribution in [0.15, 0.2) is 54.9 Å². The van der Waals surface area contributed by atoms with Gasteiger partial charge in [0.25, 0.3) is 0 Å². The third-order valence-corrected chi connectivity index (χ3v) is 4.29. The second kappa shape index (κ2) is 10.1. The van der Waals surface area contributed by atoms with E-state index >= 15 is 0 Å². The van der Waals surface area contributed by atoms with Crippen LogP contribution in [0.1, 0.15) is 25.0 Å². The van der Waals surface area contributed by atoms with Crippen molar-refractivity contribution in [3.63, 3.8) is 0 Å². The number of hydrogen-bond donors (Lipinski definition) is 2. The Hall–Kier alpha value is -3.69. The zero-order valence-corrected chi connectivity index (χ0v) is 17.6. The largest absolute Gasteiger partial charge is 0.490 e. The number of amides is 2. The topological polar surface area (TPSA) is 77.4 Å². The molecule has 0 saturated carbocycles. The Kier molecular flexibility index (Phi) is 7.24. The number of rotatable bonds is 8. The van der Waals surface area contributed by atoms with Crippen LogP contribution in [-0.2, 0) is 12.7 Å². The zero-order valence-electron chi connectivity index (χ0n) is 17.6. The van der Waals surface area contributed by atoms with E-state index in [2.05, 4.69) is 15.7 Å². The molecule has 0 atom stereocenters. The van der Waals surface area contributed by atoms with Gasteiger partial charge in [-0.25, -0.2) is 4.79 Å². The Bertz CT molecular complexity index is 1070. The SMILES string of the molecule is CCOc1ccc(Cn2cc(NC(=O)Nc3cccc(C(F)(F)F)c3)cn2)cc1OCC. The molecule has 1 aromatic heterocycles. The number of alkyl halides is 3. The number of carbonyl (C=O) groups is 1. The van der Waals surface area contributed by atoms with E-state index in [0.717, 1.165) is 17.7 Å². The molecule has 0 saturated heterocycles. The Morgan fingerprint density at radius 1 is 1.00 bits per heavy atom. The number of nitrogens with one attached hydrogen (secondary N) is 2. The summed E-state index contributed by atoms with van der Waals surface area (Å²) in [5.74, 6) is 1.30. The average molecular weight is 448 g/mol. The van der Waals surface area contributed by atoms with E-state index in [1.807, 2.05) is 32.0 Å². The summed E-state index contributed by atoms with van der Waals surface area (Å²) in [5.41, 5.74) is 0.498. The van der Waals surface area contributed by atoms with E-state index in [-0.39, 0.29) is 5.69 Å². The van der Waals surface area contributed by atoms with Gasteiger partial charge in [-0.05, 0) is 49.7 Å². The Morgan fingerprint density at radius 2 is 1.72 bits per heavy atom. The lowest BCUT2D eigenvalue weighted by Gasteiger charge is -2.12. The van der Waals surface area contributed by atoms with Crippen molar-refractivity contribution in [2.75, 3.05) is 23.8 Å². The minimum absolute atomic E-state index is 0.0301. The van der Waals surface area contributed by atoms with Crippen LogP contribution >= 0.6 is 0 Å². The van der Waals surface area contributed by atoms with Gasteiger partial charge >= 0.3 is 12.2 Å². The van der Waals surface area contributed by atoms with Crippen LogP contribution in [0.5, 0.6) is 11.5 Å². The van der Waals surface area contributed by atoms with Gasteiger partial charge in [-0.3, -0.25) is 4.68 Å². The maximum absolute atomic E-state index is 12.8. The fraction of sp³-hybridized carbons (Fsp3) is 0.273. The first kappa shape index (κ1) is 23.0. The lowest BCUT2D eigenvalue weighted by atomic mass is 10.2. The smallest absolute Gasteiger partial charge is 0.416 e. The number of halogens is 3. The molecule has 0 aliphatic heterocycles. The number of aromatic nitrogens is 2. The van der Waals surface area contributed by atoms with E-state index in [1.165, 1.54) is 18.3 Å². The molecule has 0 aliphatic rings. The normalized spacial score (nSPS) is 11.2. The fourth-order valence-electron chi connectivity index (χ4n) is 2.96. The number of nitrogens with zero attached hydrogens (tertiary/aromatic N) is 2. The molecule has 0 bridgehead atoms. The number of benzene rings is 2. The molecule has 0 fully saturated rings. The van der Waals surface area contributed by atoms with Crippen LogP contribution in [-0.4, -0.2) is 29.0 Å². The van der Waals surface area contributed by atoms with Crippen molar-refractivity contribution >= 4 is 17.4 Å². The molecule has 0 radical (unpaired) electrons. The monoisotopic (exact) mass is 448 g/mol. The molecule has 0 unspecified atom stereocenters. The Morgan fingerprint density at radius 3 is 2.44 bits per heavy atom. The van der Waals surface area contributed by atoms with Crippen molar-refractivity contribution in [1.82, 2.24) is 9.78 Å². The molecular weight excluding hydrogens is 425 g/mol. The van der Waals surface area contributed by atoms with Crippen molar-refractivity contribution in [1.29, 1.82) is 0 Å². The third kappa shape index (κ3) is 6.16. The Balaban J connectivity index is 1.62. The average Bonchev–Trinajstić information content (AvgIpc) is 3.16. The van der Waals surface area contributed by atoms with Crippen LogP contribution in [0.3, 0.4) is 0 Å². The lowest BCUT2D eigenvalue weighted by Crippen LogP contribution is -2.19. The van der Waals surface area contributed by atoms with Gasteiger partial charge in [0.15, 0.2) is 11.5 Å². The highest BCUT2D eigenvalue weighted by Gasteiger charge is 2.30. The first-order valence-corrected chi connectivity index (χ1v) is 9.94. The van der Waals surface area contributed by atoms with E-state index < -0.39 is 17.8 Å². The number of ether oxygens (including phenoxy) is 2. The molecule has 32 heavy (non-hydrogen) atoms. The van der Waals surface area contributed by atoms with Gasteiger partial charge in [-0.2, -0.15) is 18.3 Å². The highest BCUT2D eigenvalue weighted by Crippen LogP contribution is 2.31. The summed E-state index contributed by atoms with van der Waals surface area (Å²) in [7, 11) is 0. The second-order valence-electron chi connectivity index (χ2n) is 6.73. The number of carbonyl (C=O) groups excluding carboxylic acids is 1. The number of hydrogen-bond acceptors (Lipinski definition) is 4. The van der Waals surface area contributed by atoms with E-state index in [1.54, 1.807) is 10.9 Å². The van der Waals surface area contributed by atoms with Gasteiger partial charge < -0.3 is 20.1 Å². The van der Waals surface area contributed by atoms with Gasteiger partial charge in [-0.15, -0.1) is 0 Å². The van der Waals surface area contributed by atoms with Crippen LogP contribution in [0.2, 0.25) is 0 Å². The predicted molar refractivity (Wildman–Crippen MR) is 114 cm³/mol. The second-order valence-corrected chi connectivity index (χ2v) is 6.73. The molecule has 170 valence electrons. The molecule has 3 rings (SSSR count). The predicted octanol–water partition coefficient (Wildman–Crippen LogP) is 5.39. The molecule has 0 spiro atoms. The highest BCUT2D eigenvalue weighted by atomic mass is 19.4. The van der Waals surface area contributed by atoms with Crippen molar-refractivity contribution in [2.24, 2.45) is 0 Å². The van der Waals surface area contributed by atoms with E-state index in [9.17, 15) is 18.0 Å². The minimum Gasteiger partial charge on any atom is -0.490 e. The summed E-state index contributed by atoms with van der Waals surface area (Å²) in [6, 6.07) is 9.31. The van der Waals surface area contributed by atoms with Gasteiger partial charge in [0.1, 0.15) is 0 Å². The summed E-state index contributed by atoms with van der Waals surface area (Å²) in [6.45, 7) is 5.23. The van der Waals surface area contributed by atoms with Gasteiger partial charge in [-0.1, -0.05) is 12.1 Å². The molecule has 1 heterocycles. The number of urea groups is 1. The summed E-state index contributed by atoms with van der Waals surface area (Å²) in [5, 5.41) is 9.14. The molecule has 2 N–H and O–H groups in total. The van der Waals surface area contributed by atoms with Gasteiger partial charge in [0.2, 0.25) is 0 Å². The van der Waals surface area contributed by atoms with Crippen LogP contribution in [0.4, 0.5) is 29.3 Å². The number of anilines is 2. The van der Waals surface area contributed by atoms with Gasteiger partial charge in [0.05, 0.1) is 37.2 Å².